The Morgan fingerprint density at radius 1 is 1.29 bits per heavy atom. The third kappa shape index (κ3) is 3.59. The van der Waals surface area contributed by atoms with Crippen molar-refractivity contribution >= 4 is 28.4 Å². The van der Waals surface area contributed by atoms with Gasteiger partial charge in [0.05, 0.1) is 25.8 Å². The topological polar surface area (TPSA) is 41.9 Å². The zero-order valence-electron chi connectivity index (χ0n) is 13.2. The predicted octanol–water partition coefficient (Wildman–Crippen LogP) is 3.63. The van der Waals surface area contributed by atoms with E-state index in [1.807, 2.05) is 35.2 Å². The third-order valence-corrected chi connectivity index (χ3v) is 4.64. The molecule has 0 spiro atoms. The van der Waals surface area contributed by atoms with Gasteiger partial charge < -0.3 is 9.64 Å². The van der Waals surface area contributed by atoms with Crippen molar-refractivity contribution in [1.29, 1.82) is 0 Å². The first-order valence-electron chi connectivity index (χ1n) is 7.55. The third-order valence-electron chi connectivity index (χ3n) is 3.65. The van der Waals surface area contributed by atoms with Crippen LogP contribution in [0.2, 0.25) is 0 Å². The summed E-state index contributed by atoms with van der Waals surface area (Å²) in [4.78, 5) is 18.9. The second kappa shape index (κ2) is 7.49. The van der Waals surface area contributed by atoms with Crippen molar-refractivity contribution in [1.82, 2.24) is 0 Å². The van der Waals surface area contributed by atoms with E-state index >= 15 is 0 Å². The van der Waals surface area contributed by atoms with Crippen LogP contribution in [0.15, 0.2) is 53.5 Å². The van der Waals surface area contributed by atoms with Crippen molar-refractivity contribution in [3.8, 4) is 5.75 Å². The number of carbonyl (C=O) groups is 1. The summed E-state index contributed by atoms with van der Waals surface area (Å²) in [5.41, 5.74) is 0.924. The number of rotatable bonds is 5. The first kappa shape index (κ1) is 16.5. The van der Waals surface area contributed by atoms with E-state index in [4.69, 9.17) is 4.74 Å². The molecule has 124 valence electrons. The van der Waals surface area contributed by atoms with E-state index in [-0.39, 0.29) is 17.9 Å². The Morgan fingerprint density at radius 2 is 2.08 bits per heavy atom. The molecule has 0 fully saturated rings. The number of ketones is 1. The zero-order chi connectivity index (χ0) is 16.9. The van der Waals surface area contributed by atoms with Crippen molar-refractivity contribution in [2.24, 2.45) is 4.99 Å². The van der Waals surface area contributed by atoms with Gasteiger partial charge in [-0.2, -0.15) is 0 Å². The first-order valence-corrected chi connectivity index (χ1v) is 8.54. The van der Waals surface area contributed by atoms with E-state index in [0.717, 1.165) is 23.2 Å². The number of aliphatic imine (C=N–C) groups is 1. The highest BCUT2D eigenvalue weighted by atomic mass is 32.2. The lowest BCUT2D eigenvalue weighted by Gasteiger charge is -2.23. The van der Waals surface area contributed by atoms with E-state index in [0.29, 0.717) is 5.75 Å². The van der Waals surface area contributed by atoms with Crippen molar-refractivity contribution < 1.29 is 13.9 Å². The van der Waals surface area contributed by atoms with Gasteiger partial charge >= 0.3 is 0 Å². The van der Waals surface area contributed by atoms with Gasteiger partial charge in [0.15, 0.2) is 11.0 Å². The lowest BCUT2D eigenvalue weighted by molar-refractivity contribution is 0.0998. The monoisotopic (exact) mass is 344 g/mol. The quantitative estimate of drug-likeness (QED) is 0.777. The van der Waals surface area contributed by atoms with Gasteiger partial charge in [0, 0.05) is 17.5 Å². The maximum absolute atomic E-state index is 14.2. The maximum atomic E-state index is 14.2. The second-order valence-corrected chi connectivity index (χ2v) is 6.27. The molecule has 0 radical (unpaired) electrons. The highest BCUT2D eigenvalue weighted by Crippen LogP contribution is 2.24. The summed E-state index contributed by atoms with van der Waals surface area (Å²) in [5, 5.41) is 0.795. The summed E-state index contributed by atoms with van der Waals surface area (Å²) in [6.45, 7) is 0.771. The Kier molecular flexibility index (Phi) is 5.15. The fourth-order valence-electron chi connectivity index (χ4n) is 2.44. The molecule has 0 bridgehead atoms. The molecular formula is C18H17FN2O2S. The van der Waals surface area contributed by atoms with Crippen LogP contribution < -0.4 is 9.64 Å². The summed E-state index contributed by atoms with van der Waals surface area (Å²) in [5.74, 6) is 0.409. The zero-order valence-corrected chi connectivity index (χ0v) is 14.1. The lowest BCUT2D eigenvalue weighted by atomic mass is 10.1. The number of Topliss-reactive ketones (excluding diaryl/α,β-unsaturated/α-hetero) is 1. The first-order chi connectivity index (χ1) is 11.7. The SMILES string of the molecule is COc1ccc(C(=O)CN(C2=NCCS2)c2ccccc2)c(F)c1. The minimum atomic E-state index is -0.576. The van der Waals surface area contributed by atoms with Gasteiger partial charge in [0.1, 0.15) is 11.6 Å². The maximum Gasteiger partial charge on any atom is 0.185 e. The molecule has 0 N–H and O–H groups in total. The Morgan fingerprint density at radius 3 is 2.71 bits per heavy atom. The number of hydrogen-bond donors (Lipinski definition) is 0. The normalized spacial score (nSPS) is 13.5. The van der Waals surface area contributed by atoms with Crippen LogP contribution in [0.5, 0.6) is 5.75 Å². The van der Waals surface area contributed by atoms with Crippen LogP contribution in [0, 0.1) is 5.82 Å². The Labute approximate surface area is 144 Å². The molecule has 4 nitrogen and oxygen atoms in total. The molecule has 24 heavy (non-hydrogen) atoms. The molecule has 0 saturated carbocycles. The number of para-hydroxylation sites is 1. The minimum absolute atomic E-state index is 0.0408. The summed E-state index contributed by atoms with van der Waals surface area (Å²) < 4.78 is 19.1. The standard InChI is InChI=1S/C18H17FN2O2S/c1-23-14-7-8-15(16(19)11-14)17(22)12-21(18-20-9-10-24-18)13-5-3-2-4-6-13/h2-8,11H,9-10,12H2,1H3. The number of carbonyl (C=O) groups excluding carboxylic acids is 1. The Hall–Kier alpha value is -2.34. The van der Waals surface area contributed by atoms with Crippen LogP contribution in [0.1, 0.15) is 10.4 Å². The van der Waals surface area contributed by atoms with Gasteiger partial charge in [0.25, 0.3) is 0 Å². The average Bonchev–Trinajstić information content (AvgIpc) is 3.14. The lowest BCUT2D eigenvalue weighted by Crippen LogP contribution is -2.33. The van der Waals surface area contributed by atoms with Gasteiger partial charge in [-0.15, -0.1) is 0 Å². The molecule has 0 atom stereocenters. The van der Waals surface area contributed by atoms with Crippen LogP contribution in [-0.4, -0.2) is 36.9 Å². The predicted molar refractivity (Wildman–Crippen MR) is 95.8 cm³/mol. The van der Waals surface area contributed by atoms with E-state index in [2.05, 4.69) is 4.99 Å². The molecule has 0 aromatic heterocycles. The van der Waals surface area contributed by atoms with Crippen molar-refractivity contribution in [3.05, 3.63) is 59.9 Å². The summed E-state index contributed by atoms with van der Waals surface area (Å²) >= 11 is 1.60. The number of methoxy groups -OCH3 is 1. The number of nitrogens with zero attached hydrogens (tertiary/aromatic N) is 2. The largest absolute Gasteiger partial charge is 0.497 e. The van der Waals surface area contributed by atoms with Gasteiger partial charge in [-0.3, -0.25) is 9.79 Å². The molecule has 3 rings (SSSR count). The van der Waals surface area contributed by atoms with Gasteiger partial charge in [-0.1, -0.05) is 30.0 Å². The smallest absolute Gasteiger partial charge is 0.185 e. The summed E-state index contributed by atoms with van der Waals surface area (Å²) in [7, 11) is 1.46. The fraction of sp³-hybridized carbons (Fsp3) is 0.222. The van der Waals surface area contributed by atoms with E-state index in [1.165, 1.54) is 19.2 Å². The van der Waals surface area contributed by atoms with Crippen molar-refractivity contribution in [2.75, 3.05) is 30.9 Å². The van der Waals surface area contributed by atoms with Gasteiger partial charge in [0.2, 0.25) is 0 Å². The van der Waals surface area contributed by atoms with Crippen LogP contribution in [0.25, 0.3) is 0 Å². The van der Waals surface area contributed by atoms with Gasteiger partial charge in [-0.05, 0) is 24.3 Å². The number of hydrogen-bond acceptors (Lipinski definition) is 5. The number of anilines is 1. The van der Waals surface area contributed by atoms with E-state index in [1.54, 1.807) is 17.8 Å². The molecule has 0 aliphatic carbocycles. The highest BCUT2D eigenvalue weighted by Gasteiger charge is 2.22. The molecule has 2 aromatic rings. The number of thioether (sulfide) groups is 1. The molecule has 0 amide bonds. The van der Waals surface area contributed by atoms with Crippen molar-refractivity contribution in [2.45, 2.75) is 0 Å². The second-order valence-electron chi connectivity index (χ2n) is 5.20. The van der Waals surface area contributed by atoms with Gasteiger partial charge in [-0.25, -0.2) is 4.39 Å². The van der Waals surface area contributed by atoms with E-state index in [9.17, 15) is 9.18 Å². The summed E-state index contributed by atoms with van der Waals surface area (Å²) in [6, 6.07) is 13.8. The minimum Gasteiger partial charge on any atom is -0.497 e. The van der Waals surface area contributed by atoms with Crippen LogP contribution in [-0.2, 0) is 0 Å². The van der Waals surface area contributed by atoms with Crippen LogP contribution in [0.3, 0.4) is 0 Å². The molecule has 6 heteroatoms. The molecule has 0 saturated heterocycles. The fourth-order valence-corrected chi connectivity index (χ4v) is 3.32. The number of amidine groups is 1. The Bertz CT molecular complexity index is 765. The summed E-state index contributed by atoms with van der Waals surface area (Å²) in [6.07, 6.45) is 0. The van der Waals surface area contributed by atoms with Crippen molar-refractivity contribution in [3.63, 3.8) is 0 Å². The highest BCUT2D eigenvalue weighted by molar-refractivity contribution is 8.14. The molecule has 2 aromatic carbocycles. The number of ether oxygens (including phenoxy) is 1. The van der Waals surface area contributed by atoms with Crippen LogP contribution in [0.4, 0.5) is 10.1 Å². The molecule has 0 unspecified atom stereocenters. The molecule has 1 heterocycles. The molecule has 1 aliphatic heterocycles. The Balaban J connectivity index is 1.86. The van der Waals surface area contributed by atoms with E-state index < -0.39 is 5.82 Å². The average molecular weight is 344 g/mol. The molecular weight excluding hydrogens is 327 g/mol. The number of halogens is 1. The number of benzene rings is 2. The molecule has 1 aliphatic rings. The van der Waals surface area contributed by atoms with Crippen LogP contribution >= 0.6 is 11.8 Å².